The van der Waals surface area contributed by atoms with Crippen LogP contribution in [0.4, 0.5) is 0 Å². The fourth-order valence-electron chi connectivity index (χ4n) is 1.24. The molecule has 0 spiro atoms. The zero-order valence-electron chi connectivity index (χ0n) is 9.91. The molecule has 0 aliphatic carbocycles. The minimum absolute atomic E-state index is 0.282. The van der Waals surface area contributed by atoms with Crippen LogP contribution in [-0.2, 0) is 9.53 Å². The van der Waals surface area contributed by atoms with E-state index in [0.717, 1.165) is 52.0 Å². The average molecular weight is 229 g/mol. The number of aliphatic carboxylic acids is 1. The molecular weight excluding hydrogens is 206 g/mol. The van der Waals surface area contributed by atoms with Gasteiger partial charge in [-0.15, -0.1) is 6.58 Å². The maximum atomic E-state index is 10.2. The Bertz CT molecular complexity index is 183. The van der Waals surface area contributed by atoms with E-state index >= 15 is 0 Å². The first-order chi connectivity index (χ1) is 7.77. The predicted octanol–water partition coefficient (Wildman–Crippen LogP) is 1.81. The zero-order valence-corrected chi connectivity index (χ0v) is 9.91. The van der Waals surface area contributed by atoms with E-state index in [2.05, 4.69) is 11.9 Å². The standard InChI is InChI=1S/C12H23NO3/c1-2-3-10-16-11-9-13-8-6-4-5-7-12(14)15/h2,13H,1,3-11H2,(H,14,15). The number of nitrogens with one attached hydrogen (secondary N) is 1. The van der Waals surface area contributed by atoms with Crippen molar-refractivity contribution in [1.29, 1.82) is 0 Å². The van der Waals surface area contributed by atoms with Gasteiger partial charge in [-0.1, -0.05) is 12.5 Å². The number of carboxylic acid groups (broad SMARTS) is 1. The molecule has 16 heavy (non-hydrogen) atoms. The molecule has 0 aromatic rings. The Balaban J connectivity index is 2.93. The molecule has 0 unspecified atom stereocenters. The summed E-state index contributed by atoms with van der Waals surface area (Å²) < 4.78 is 5.32. The van der Waals surface area contributed by atoms with E-state index in [9.17, 15) is 4.79 Å². The Morgan fingerprint density at radius 3 is 2.75 bits per heavy atom. The lowest BCUT2D eigenvalue weighted by Crippen LogP contribution is -2.21. The second-order valence-electron chi connectivity index (χ2n) is 3.64. The number of carbonyl (C=O) groups is 1. The summed E-state index contributed by atoms with van der Waals surface area (Å²) in [6, 6.07) is 0. The van der Waals surface area contributed by atoms with Gasteiger partial charge in [0.15, 0.2) is 0 Å². The molecule has 0 aromatic heterocycles. The second kappa shape index (κ2) is 12.2. The minimum Gasteiger partial charge on any atom is -0.481 e. The third-order valence-corrected chi connectivity index (χ3v) is 2.13. The van der Waals surface area contributed by atoms with E-state index in [0.29, 0.717) is 0 Å². The van der Waals surface area contributed by atoms with Gasteiger partial charge in [-0.3, -0.25) is 4.79 Å². The van der Waals surface area contributed by atoms with Crippen molar-refractivity contribution < 1.29 is 14.6 Å². The molecule has 0 aliphatic rings. The summed E-state index contributed by atoms with van der Waals surface area (Å²) in [4.78, 5) is 10.2. The summed E-state index contributed by atoms with van der Waals surface area (Å²) in [5.41, 5.74) is 0. The third-order valence-electron chi connectivity index (χ3n) is 2.13. The van der Waals surface area contributed by atoms with E-state index in [1.807, 2.05) is 6.08 Å². The average Bonchev–Trinajstić information content (AvgIpc) is 2.25. The van der Waals surface area contributed by atoms with Crippen LogP contribution in [0.2, 0.25) is 0 Å². The molecule has 0 amide bonds. The molecule has 0 saturated heterocycles. The first-order valence-corrected chi connectivity index (χ1v) is 5.88. The van der Waals surface area contributed by atoms with Crippen LogP contribution >= 0.6 is 0 Å². The third kappa shape index (κ3) is 13.1. The lowest BCUT2D eigenvalue weighted by molar-refractivity contribution is -0.137. The summed E-state index contributed by atoms with van der Waals surface area (Å²) in [6.45, 7) is 6.87. The van der Waals surface area contributed by atoms with Crippen molar-refractivity contribution >= 4 is 5.97 Å². The van der Waals surface area contributed by atoms with Gasteiger partial charge in [-0.2, -0.15) is 0 Å². The molecular formula is C12H23NO3. The van der Waals surface area contributed by atoms with Crippen LogP contribution in [0.25, 0.3) is 0 Å². The molecule has 94 valence electrons. The van der Waals surface area contributed by atoms with Crippen LogP contribution in [0.15, 0.2) is 12.7 Å². The van der Waals surface area contributed by atoms with E-state index in [4.69, 9.17) is 9.84 Å². The number of rotatable bonds is 12. The van der Waals surface area contributed by atoms with Gasteiger partial charge in [-0.05, 0) is 25.8 Å². The molecule has 0 bridgehead atoms. The van der Waals surface area contributed by atoms with Gasteiger partial charge < -0.3 is 15.2 Å². The molecule has 4 nitrogen and oxygen atoms in total. The van der Waals surface area contributed by atoms with Crippen LogP contribution in [0.1, 0.15) is 32.1 Å². The lowest BCUT2D eigenvalue weighted by atomic mass is 10.2. The monoisotopic (exact) mass is 229 g/mol. The van der Waals surface area contributed by atoms with E-state index < -0.39 is 5.97 Å². The van der Waals surface area contributed by atoms with Crippen molar-refractivity contribution in [3.8, 4) is 0 Å². The Kier molecular flexibility index (Phi) is 11.5. The van der Waals surface area contributed by atoms with Crippen molar-refractivity contribution in [2.24, 2.45) is 0 Å². The van der Waals surface area contributed by atoms with Gasteiger partial charge in [0.05, 0.1) is 13.2 Å². The van der Waals surface area contributed by atoms with Gasteiger partial charge in [0.1, 0.15) is 0 Å². The Labute approximate surface area is 97.7 Å². The summed E-state index contributed by atoms with van der Waals surface area (Å²) in [6.07, 6.45) is 5.79. The molecule has 0 atom stereocenters. The normalized spacial score (nSPS) is 10.2. The van der Waals surface area contributed by atoms with Crippen LogP contribution < -0.4 is 5.32 Å². The Hall–Kier alpha value is -0.870. The number of hydrogen-bond donors (Lipinski definition) is 2. The largest absolute Gasteiger partial charge is 0.481 e. The maximum absolute atomic E-state index is 10.2. The van der Waals surface area contributed by atoms with Crippen molar-refractivity contribution in [1.82, 2.24) is 5.32 Å². The summed E-state index contributed by atoms with van der Waals surface area (Å²) in [5.74, 6) is -0.705. The molecule has 2 N–H and O–H groups in total. The minimum atomic E-state index is -0.705. The molecule has 0 radical (unpaired) electrons. The highest BCUT2D eigenvalue weighted by Crippen LogP contribution is 1.98. The van der Waals surface area contributed by atoms with E-state index in [-0.39, 0.29) is 6.42 Å². The molecule has 0 aromatic carbocycles. The quantitative estimate of drug-likeness (QED) is 0.396. The van der Waals surface area contributed by atoms with Gasteiger partial charge in [0.25, 0.3) is 0 Å². The van der Waals surface area contributed by atoms with Crippen molar-refractivity contribution in [3.05, 3.63) is 12.7 Å². The van der Waals surface area contributed by atoms with Crippen molar-refractivity contribution in [2.45, 2.75) is 32.1 Å². The smallest absolute Gasteiger partial charge is 0.303 e. The summed E-state index contributed by atoms with van der Waals surface area (Å²) >= 11 is 0. The van der Waals surface area contributed by atoms with Gasteiger partial charge in [0, 0.05) is 13.0 Å². The Morgan fingerprint density at radius 2 is 2.06 bits per heavy atom. The van der Waals surface area contributed by atoms with Crippen molar-refractivity contribution in [3.63, 3.8) is 0 Å². The second-order valence-corrected chi connectivity index (χ2v) is 3.64. The van der Waals surface area contributed by atoms with Crippen LogP contribution in [0.3, 0.4) is 0 Å². The van der Waals surface area contributed by atoms with E-state index in [1.165, 1.54) is 0 Å². The molecule has 0 heterocycles. The van der Waals surface area contributed by atoms with Crippen molar-refractivity contribution in [2.75, 3.05) is 26.3 Å². The topological polar surface area (TPSA) is 58.6 Å². The van der Waals surface area contributed by atoms with Gasteiger partial charge in [-0.25, -0.2) is 0 Å². The first kappa shape index (κ1) is 15.1. The highest BCUT2D eigenvalue weighted by Gasteiger charge is 1.95. The SMILES string of the molecule is C=CCCOCCNCCCCCC(=O)O. The molecule has 0 aliphatic heterocycles. The predicted molar refractivity (Wildman–Crippen MR) is 64.6 cm³/mol. The summed E-state index contributed by atoms with van der Waals surface area (Å²) in [5, 5.41) is 11.7. The van der Waals surface area contributed by atoms with Gasteiger partial charge in [0.2, 0.25) is 0 Å². The molecule has 0 rings (SSSR count). The maximum Gasteiger partial charge on any atom is 0.303 e. The lowest BCUT2D eigenvalue weighted by Gasteiger charge is -2.04. The number of carboxylic acids is 1. The van der Waals surface area contributed by atoms with Crippen LogP contribution in [-0.4, -0.2) is 37.4 Å². The molecule has 0 saturated carbocycles. The van der Waals surface area contributed by atoms with Gasteiger partial charge >= 0.3 is 5.97 Å². The fourth-order valence-corrected chi connectivity index (χ4v) is 1.24. The first-order valence-electron chi connectivity index (χ1n) is 5.88. The fraction of sp³-hybridized carbons (Fsp3) is 0.750. The Morgan fingerprint density at radius 1 is 1.25 bits per heavy atom. The summed E-state index contributed by atoms with van der Waals surface area (Å²) in [7, 11) is 0. The van der Waals surface area contributed by atoms with Crippen LogP contribution in [0, 0.1) is 0 Å². The molecule has 4 heteroatoms. The highest BCUT2D eigenvalue weighted by atomic mass is 16.5. The number of ether oxygens (including phenoxy) is 1. The van der Waals surface area contributed by atoms with E-state index in [1.54, 1.807) is 0 Å². The molecule has 0 fully saturated rings. The van der Waals surface area contributed by atoms with Crippen LogP contribution in [0.5, 0.6) is 0 Å². The number of hydrogen-bond acceptors (Lipinski definition) is 3. The highest BCUT2D eigenvalue weighted by molar-refractivity contribution is 5.66. The number of unbranched alkanes of at least 4 members (excludes halogenated alkanes) is 2. The zero-order chi connectivity index (χ0) is 12.1.